The van der Waals surface area contributed by atoms with E-state index in [1.165, 1.54) is 6.42 Å². The van der Waals surface area contributed by atoms with E-state index in [0.717, 1.165) is 31.7 Å². The Balaban J connectivity index is 2.34. The van der Waals surface area contributed by atoms with Gasteiger partial charge in [-0.3, -0.25) is 4.98 Å². The molecule has 0 radical (unpaired) electrons. The molecule has 1 aromatic heterocycles. The Kier molecular flexibility index (Phi) is 6.01. The quantitative estimate of drug-likeness (QED) is 0.479. The van der Waals surface area contributed by atoms with Crippen LogP contribution in [0.15, 0.2) is 6.07 Å². The number of rotatable bonds is 9. The van der Waals surface area contributed by atoms with Crippen LogP contribution in [0, 0.1) is 0 Å². The fourth-order valence-electron chi connectivity index (χ4n) is 1.71. The van der Waals surface area contributed by atoms with E-state index in [1.807, 2.05) is 0 Å². The summed E-state index contributed by atoms with van der Waals surface area (Å²) < 4.78 is 28.0. The smallest absolute Gasteiger partial charge is 0.309 e. The van der Waals surface area contributed by atoms with Gasteiger partial charge in [-0.2, -0.15) is 8.42 Å². The van der Waals surface area contributed by atoms with Crippen molar-refractivity contribution in [3.63, 3.8) is 0 Å². The van der Waals surface area contributed by atoms with Crippen molar-refractivity contribution >= 4 is 10.1 Å². The van der Waals surface area contributed by atoms with Crippen LogP contribution < -0.4 is 4.18 Å². The molecular weight excluding hydrogens is 270 g/mol. The van der Waals surface area contributed by atoms with E-state index in [4.69, 9.17) is 9.29 Å². The Labute approximate surface area is 113 Å². The van der Waals surface area contributed by atoms with Crippen molar-refractivity contribution in [2.75, 3.05) is 5.75 Å². The highest BCUT2D eigenvalue weighted by Crippen LogP contribution is 2.30. The minimum absolute atomic E-state index is 0.0928. The van der Waals surface area contributed by atoms with Crippen molar-refractivity contribution in [1.29, 1.82) is 0 Å². The Morgan fingerprint density at radius 2 is 1.79 bits per heavy atom. The van der Waals surface area contributed by atoms with Gasteiger partial charge in [0, 0.05) is 6.07 Å². The molecule has 3 N–H and O–H groups in total. The second-order valence-corrected chi connectivity index (χ2v) is 6.17. The van der Waals surface area contributed by atoms with E-state index >= 15 is 0 Å². The van der Waals surface area contributed by atoms with Crippen LogP contribution in [0.3, 0.4) is 0 Å². The molecular formula is C12H21NO5S. The molecule has 6 nitrogen and oxygen atoms in total. The highest BCUT2D eigenvalue weighted by molar-refractivity contribution is 7.87. The van der Waals surface area contributed by atoms with Gasteiger partial charge in [0.15, 0.2) is 5.88 Å². The summed E-state index contributed by atoms with van der Waals surface area (Å²) in [5.41, 5.74) is 0. The first-order valence-corrected chi connectivity index (χ1v) is 8.05. The number of aromatic nitrogens is 1. The molecule has 110 valence electrons. The molecule has 1 aromatic rings. The first kappa shape index (κ1) is 15.7. The third kappa shape index (κ3) is 5.87. The van der Waals surface area contributed by atoms with Gasteiger partial charge in [0.05, 0.1) is 5.75 Å². The molecule has 1 rings (SSSR count). The van der Waals surface area contributed by atoms with Gasteiger partial charge in [0.25, 0.3) is 0 Å². The van der Waals surface area contributed by atoms with Crippen molar-refractivity contribution in [3.05, 3.63) is 6.07 Å². The standard InChI is InChI=1S/C12H21NO5S/c1-2-3-4-5-6-7-8-19(16,17)18-10-9-11(14)13-12(10)15/h9,13-15H,2-8H2,1H3. The Morgan fingerprint density at radius 3 is 2.37 bits per heavy atom. The second kappa shape index (κ2) is 7.28. The third-order valence-electron chi connectivity index (χ3n) is 2.71. The van der Waals surface area contributed by atoms with Gasteiger partial charge in [0.2, 0.25) is 11.6 Å². The Morgan fingerprint density at radius 1 is 1.16 bits per heavy atom. The van der Waals surface area contributed by atoms with Gasteiger partial charge < -0.3 is 14.4 Å². The zero-order valence-corrected chi connectivity index (χ0v) is 11.9. The van der Waals surface area contributed by atoms with Crippen LogP contribution in [0.2, 0.25) is 0 Å². The van der Waals surface area contributed by atoms with Crippen molar-refractivity contribution in [3.8, 4) is 17.5 Å². The average molecular weight is 291 g/mol. The summed E-state index contributed by atoms with van der Waals surface area (Å²) in [5, 5.41) is 18.3. The molecule has 0 saturated heterocycles. The maximum absolute atomic E-state index is 11.6. The molecule has 0 spiro atoms. The van der Waals surface area contributed by atoms with Crippen molar-refractivity contribution in [1.82, 2.24) is 4.98 Å². The molecule has 0 aromatic carbocycles. The molecule has 0 unspecified atom stereocenters. The minimum Gasteiger partial charge on any atom is -0.494 e. The zero-order valence-electron chi connectivity index (χ0n) is 11.1. The molecule has 0 aliphatic carbocycles. The summed E-state index contributed by atoms with van der Waals surface area (Å²) in [4.78, 5) is 2.14. The Bertz CT molecular complexity index is 480. The molecule has 0 atom stereocenters. The van der Waals surface area contributed by atoms with E-state index < -0.39 is 16.0 Å². The second-order valence-electron chi connectivity index (χ2n) is 4.48. The number of hydrogen-bond donors (Lipinski definition) is 3. The molecule has 0 saturated carbocycles. The van der Waals surface area contributed by atoms with E-state index in [9.17, 15) is 13.5 Å². The summed E-state index contributed by atoms with van der Waals surface area (Å²) in [7, 11) is -3.73. The van der Waals surface area contributed by atoms with Crippen LogP contribution in [0.5, 0.6) is 17.5 Å². The van der Waals surface area contributed by atoms with Gasteiger partial charge in [-0.1, -0.05) is 39.0 Å². The number of nitrogens with one attached hydrogen (secondary N) is 1. The van der Waals surface area contributed by atoms with Gasteiger partial charge in [-0.25, -0.2) is 0 Å². The number of aromatic amines is 1. The van der Waals surface area contributed by atoms with Crippen LogP contribution in [-0.2, 0) is 10.1 Å². The summed E-state index contributed by atoms with van der Waals surface area (Å²) >= 11 is 0. The lowest BCUT2D eigenvalue weighted by atomic mass is 10.1. The van der Waals surface area contributed by atoms with Crippen LogP contribution in [0.4, 0.5) is 0 Å². The molecule has 1 heterocycles. The topological polar surface area (TPSA) is 99.6 Å². The van der Waals surface area contributed by atoms with Gasteiger partial charge >= 0.3 is 10.1 Å². The predicted molar refractivity (Wildman–Crippen MR) is 71.9 cm³/mol. The first-order valence-electron chi connectivity index (χ1n) is 6.47. The van der Waals surface area contributed by atoms with E-state index in [-0.39, 0.29) is 17.4 Å². The molecule has 0 bridgehead atoms. The van der Waals surface area contributed by atoms with Crippen molar-refractivity contribution in [2.45, 2.75) is 45.4 Å². The maximum atomic E-state index is 11.6. The maximum Gasteiger partial charge on any atom is 0.309 e. The number of H-pyrrole nitrogens is 1. The fourth-order valence-corrected chi connectivity index (χ4v) is 2.75. The minimum atomic E-state index is -3.73. The zero-order chi connectivity index (χ0) is 14.3. The first-order chi connectivity index (χ1) is 8.94. The van der Waals surface area contributed by atoms with Crippen LogP contribution in [0.25, 0.3) is 0 Å². The SMILES string of the molecule is CCCCCCCCS(=O)(=O)Oc1cc(O)[nH]c1O. The van der Waals surface area contributed by atoms with E-state index in [2.05, 4.69) is 11.9 Å². The summed E-state index contributed by atoms with van der Waals surface area (Å²) in [5.74, 6) is -1.21. The highest BCUT2D eigenvalue weighted by Gasteiger charge is 2.17. The van der Waals surface area contributed by atoms with Crippen LogP contribution in [-0.4, -0.2) is 29.4 Å². The number of hydrogen-bond acceptors (Lipinski definition) is 5. The molecule has 0 fully saturated rings. The average Bonchev–Trinajstić information content (AvgIpc) is 2.61. The van der Waals surface area contributed by atoms with Crippen LogP contribution in [0.1, 0.15) is 45.4 Å². The monoisotopic (exact) mass is 291 g/mol. The highest BCUT2D eigenvalue weighted by atomic mass is 32.2. The largest absolute Gasteiger partial charge is 0.494 e. The molecule has 0 amide bonds. The van der Waals surface area contributed by atoms with Crippen LogP contribution >= 0.6 is 0 Å². The van der Waals surface area contributed by atoms with E-state index in [0.29, 0.717) is 6.42 Å². The fraction of sp³-hybridized carbons (Fsp3) is 0.667. The van der Waals surface area contributed by atoms with Crippen molar-refractivity contribution < 1.29 is 22.8 Å². The van der Waals surface area contributed by atoms with E-state index in [1.54, 1.807) is 0 Å². The predicted octanol–water partition coefficient (Wildman–Crippen LogP) is 2.50. The third-order valence-corrected chi connectivity index (χ3v) is 3.93. The normalized spacial score (nSPS) is 11.6. The summed E-state index contributed by atoms with van der Waals surface area (Å²) in [6, 6.07) is 1.02. The molecule has 0 aliphatic rings. The van der Waals surface area contributed by atoms with Crippen molar-refractivity contribution in [2.24, 2.45) is 0 Å². The lowest BCUT2D eigenvalue weighted by Crippen LogP contribution is -2.13. The Hall–Kier alpha value is -1.37. The lowest BCUT2D eigenvalue weighted by Gasteiger charge is -2.05. The lowest BCUT2D eigenvalue weighted by molar-refractivity contribution is 0.408. The number of aromatic hydroxyl groups is 2. The summed E-state index contributed by atoms with van der Waals surface area (Å²) in [6.45, 7) is 2.12. The van der Waals surface area contributed by atoms with Gasteiger partial charge in [0.1, 0.15) is 0 Å². The van der Waals surface area contributed by atoms with Gasteiger partial charge in [-0.05, 0) is 6.42 Å². The molecule has 19 heavy (non-hydrogen) atoms. The molecule has 7 heteroatoms. The molecule has 0 aliphatic heterocycles. The number of unbranched alkanes of at least 4 members (excludes halogenated alkanes) is 5. The summed E-state index contributed by atoms with van der Waals surface area (Å²) in [6.07, 6.45) is 5.82. The van der Waals surface area contributed by atoms with Gasteiger partial charge in [-0.15, -0.1) is 0 Å².